The standard InChI is InChI=1S/C9H7BrFN3/c10-6-3-1-2-4-8(6)14-9(11)7(12)5-13-14/h1-5H,12H2. The SMILES string of the molecule is Nc1cnn(-c2ccccc2Br)c1F. The van der Waals surface area contributed by atoms with Crippen LogP contribution in [0.25, 0.3) is 5.69 Å². The summed E-state index contributed by atoms with van der Waals surface area (Å²) in [7, 11) is 0. The molecule has 2 N–H and O–H groups in total. The molecule has 1 aromatic carbocycles. The second-order valence-corrected chi connectivity index (χ2v) is 3.61. The molecule has 0 saturated heterocycles. The third-order valence-corrected chi connectivity index (χ3v) is 2.49. The van der Waals surface area contributed by atoms with E-state index in [9.17, 15) is 4.39 Å². The van der Waals surface area contributed by atoms with E-state index in [2.05, 4.69) is 21.0 Å². The van der Waals surface area contributed by atoms with Gasteiger partial charge in [0.15, 0.2) is 0 Å². The molecule has 3 nitrogen and oxygen atoms in total. The molecule has 14 heavy (non-hydrogen) atoms. The maximum absolute atomic E-state index is 13.4. The number of benzene rings is 1. The predicted molar refractivity (Wildman–Crippen MR) is 55.6 cm³/mol. The van der Waals surface area contributed by atoms with Crippen molar-refractivity contribution in [3.63, 3.8) is 0 Å². The Hall–Kier alpha value is -1.36. The molecule has 72 valence electrons. The number of hydrogen-bond acceptors (Lipinski definition) is 2. The quantitative estimate of drug-likeness (QED) is 0.851. The maximum Gasteiger partial charge on any atom is 0.239 e. The summed E-state index contributed by atoms with van der Waals surface area (Å²) in [6.07, 6.45) is 1.29. The van der Waals surface area contributed by atoms with Gasteiger partial charge in [-0.25, -0.2) is 4.68 Å². The van der Waals surface area contributed by atoms with Crippen LogP contribution < -0.4 is 5.73 Å². The van der Waals surface area contributed by atoms with Crippen LogP contribution >= 0.6 is 15.9 Å². The molecule has 0 aliphatic heterocycles. The Morgan fingerprint density at radius 1 is 1.36 bits per heavy atom. The summed E-state index contributed by atoms with van der Waals surface area (Å²) in [6.45, 7) is 0. The number of nitrogens with two attached hydrogens (primary N) is 1. The number of hydrogen-bond donors (Lipinski definition) is 1. The lowest BCUT2D eigenvalue weighted by atomic mass is 10.3. The summed E-state index contributed by atoms with van der Waals surface area (Å²) in [6, 6.07) is 7.21. The first-order valence-corrected chi connectivity index (χ1v) is 4.73. The number of halogens is 2. The zero-order valence-electron chi connectivity index (χ0n) is 7.11. The van der Waals surface area contributed by atoms with Crippen molar-refractivity contribution in [1.82, 2.24) is 9.78 Å². The minimum absolute atomic E-state index is 0.0424. The van der Waals surface area contributed by atoms with Crippen LogP contribution in [-0.4, -0.2) is 9.78 Å². The van der Waals surface area contributed by atoms with E-state index in [0.717, 1.165) is 9.15 Å². The number of anilines is 1. The first-order chi connectivity index (χ1) is 6.70. The van der Waals surface area contributed by atoms with E-state index in [1.165, 1.54) is 6.20 Å². The van der Waals surface area contributed by atoms with E-state index in [0.29, 0.717) is 5.69 Å². The van der Waals surface area contributed by atoms with E-state index in [1.807, 2.05) is 12.1 Å². The van der Waals surface area contributed by atoms with Gasteiger partial charge in [-0.05, 0) is 28.1 Å². The second kappa shape index (κ2) is 3.42. The fourth-order valence-electron chi connectivity index (χ4n) is 1.14. The highest BCUT2D eigenvalue weighted by Crippen LogP contribution is 2.22. The molecule has 0 atom stereocenters. The Labute approximate surface area is 88.5 Å². The second-order valence-electron chi connectivity index (χ2n) is 2.75. The zero-order chi connectivity index (χ0) is 10.1. The van der Waals surface area contributed by atoms with Crippen LogP contribution in [-0.2, 0) is 0 Å². The van der Waals surface area contributed by atoms with Gasteiger partial charge in [-0.3, -0.25) is 0 Å². The molecule has 0 saturated carbocycles. The summed E-state index contributed by atoms with van der Waals surface area (Å²) in [5, 5.41) is 3.83. The van der Waals surface area contributed by atoms with Crippen LogP contribution in [0.2, 0.25) is 0 Å². The van der Waals surface area contributed by atoms with Gasteiger partial charge >= 0.3 is 0 Å². The summed E-state index contributed by atoms with van der Waals surface area (Å²) in [5.74, 6) is -0.545. The molecule has 0 spiro atoms. The van der Waals surface area contributed by atoms with Crippen LogP contribution in [0, 0.1) is 5.95 Å². The van der Waals surface area contributed by atoms with E-state index < -0.39 is 5.95 Å². The Morgan fingerprint density at radius 2 is 2.07 bits per heavy atom. The number of aromatic nitrogens is 2. The van der Waals surface area contributed by atoms with Gasteiger partial charge in [-0.2, -0.15) is 9.49 Å². The topological polar surface area (TPSA) is 43.8 Å². The number of nitrogens with zero attached hydrogens (tertiary/aromatic N) is 2. The average molecular weight is 256 g/mol. The van der Waals surface area contributed by atoms with Crippen molar-refractivity contribution >= 4 is 21.6 Å². The van der Waals surface area contributed by atoms with Crippen molar-refractivity contribution in [3.8, 4) is 5.69 Å². The van der Waals surface area contributed by atoms with Crippen molar-refractivity contribution < 1.29 is 4.39 Å². The van der Waals surface area contributed by atoms with E-state index >= 15 is 0 Å². The van der Waals surface area contributed by atoms with Crippen LogP contribution in [0.1, 0.15) is 0 Å². The summed E-state index contributed by atoms with van der Waals surface area (Å²) in [5.41, 5.74) is 6.02. The van der Waals surface area contributed by atoms with Gasteiger partial charge in [-0.15, -0.1) is 0 Å². The molecule has 1 aromatic heterocycles. The van der Waals surface area contributed by atoms with E-state index in [1.54, 1.807) is 12.1 Å². The molecule has 0 aliphatic carbocycles. The largest absolute Gasteiger partial charge is 0.394 e. The van der Waals surface area contributed by atoms with Gasteiger partial charge in [-0.1, -0.05) is 12.1 Å². The predicted octanol–water partition coefficient (Wildman–Crippen LogP) is 2.36. The van der Waals surface area contributed by atoms with Gasteiger partial charge in [0, 0.05) is 4.47 Å². The first kappa shape index (κ1) is 9.21. The highest BCUT2D eigenvalue weighted by atomic mass is 79.9. The van der Waals surface area contributed by atoms with Crippen molar-refractivity contribution in [3.05, 3.63) is 40.9 Å². The molecule has 0 bridgehead atoms. The summed E-state index contributed by atoms with van der Waals surface area (Å²) in [4.78, 5) is 0. The van der Waals surface area contributed by atoms with Gasteiger partial charge < -0.3 is 5.73 Å². The summed E-state index contributed by atoms with van der Waals surface area (Å²) < 4.78 is 15.3. The lowest BCUT2D eigenvalue weighted by Crippen LogP contribution is -2.01. The fourth-order valence-corrected chi connectivity index (χ4v) is 1.59. The molecule has 0 aliphatic rings. The monoisotopic (exact) mass is 255 g/mol. The molecule has 1 heterocycles. The zero-order valence-corrected chi connectivity index (χ0v) is 8.70. The molecular weight excluding hydrogens is 249 g/mol. The minimum Gasteiger partial charge on any atom is -0.394 e. The number of rotatable bonds is 1. The Kier molecular flexibility index (Phi) is 2.25. The van der Waals surface area contributed by atoms with Crippen molar-refractivity contribution in [2.75, 3.05) is 5.73 Å². The van der Waals surface area contributed by atoms with E-state index in [-0.39, 0.29) is 5.69 Å². The van der Waals surface area contributed by atoms with Crippen LogP contribution in [0.5, 0.6) is 0 Å². The molecule has 0 radical (unpaired) electrons. The third-order valence-electron chi connectivity index (χ3n) is 1.82. The van der Waals surface area contributed by atoms with Crippen molar-refractivity contribution in [2.45, 2.75) is 0 Å². The van der Waals surface area contributed by atoms with E-state index in [4.69, 9.17) is 5.73 Å². The lowest BCUT2D eigenvalue weighted by Gasteiger charge is -2.03. The molecule has 5 heteroatoms. The molecule has 0 unspecified atom stereocenters. The van der Waals surface area contributed by atoms with Crippen molar-refractivity contribution in [2.24, 2.45) is 0 Å². The first-order valence-electron chi connectivity index (χ1n) is 3.94. The molecule has 2 rings (SSSR count). The van der Waals surface area contributed by atoms with Crippen LogP contribution in [0.4, 0.5) is 10.1 Å². The Bertz CT molecular complexity index is 467. The van der Waals surface area contributed by atoms with Gasteiger partial charge in [0.05, 0.1) is 11.9 Å². The van der Waals surface area contributed by atoms with Gasteiger partial charge in [0.2, 0.25) is 5.95 Å². The fraction of sp³-hybridized carbons (Fsp3) is 0. The third kappa shape index (κ3) is 1.39. The van der Waals surface area contributed by atoms with Crippen molar-refractivity contribution in [1.29, 1.82) is 0 Å². The normalized spacial score (nSPS) is 10.4. The average Bonchev–Trinajstić information content (AvgIpc) is 2.49. The van der Waals surface area contributed by atoms with Crippen LogP contribution in [0.3, 0.4) is 0 Å². The Balaban J connectivity index is 2.60. The summed E-state index contributed by atoms with van der Waals surface area (Å²) >= 11 is 3.31. The number of para-hydroxylation sites is 1. The highest BCUT2D eigenvalue weighted by Gasteiger charge is 2.10. The maximum atomic E-state index is 13.4. The molecular formula is C9H7BrFN3. The molecule has 2 aromatic rings. The Morgan fingerprint density at radius 3 is 2.64 bits per heavy atom. The minimum atomic E-state index is -0.545. The van der Waals surface area contributed by atoms with Crippen LogP contribution in [0.15, 0.2) is 34.9 Å². The molecule has 0 fully saturated rings. The van der Waals surface area contributed by atoms with Gasteiger partial charge in [0.1, 0.15) is 5.69 Å². The number of nitrogen functional groups attached to an aromatic ring is 1. The smallest absolute Gasteiger partial charge is 0.239 e. The highest BCUT2D eigenvalue weighted by molar-refractivity contribution is 9.10. The molecule has 0 amide bonds. The lowest BCUT2D eigenvalue weighted by molar-refractivity contribution is 0.539. The van der Waals surface area contributed by atoms with Gasteiger partial charge in [0.25, 0.3) is 0 Å².